The average molecular weight is 447 g/mol. The summed E-state index contributed by atoms with van der Waals surface area (Å²) in [5.74, 6) is 0.946. The first-order valence-corrected chi connectivity index (χ1v) is 12.0. The molecule has 0 radical (unpaired) electrons. The highest BCUT2D eigenvalue weighted by molar-refractivity contribution is 5.92. The van der Waals surface area contributed by atoms with Crippen molar-refractivity contribution in [3.63, 3.8) is 0 Å². The van der Waals surface area contributed by atoms with Crippen molar-refractivity contribution >= 4 is 5.91 Å². The third kappa shape index (κ3) is 3.44. The van der Waals surface area contributed by atoms with E-state index in [4.69, 9.17) is 9.84 Å². The van der Waals surface area contributed by atoms with Crippen LogP contribution in [0.2, 0.25) is 0 Å². The largest absolute Gasteiger partial charge is 0.482 e. The number of likely N-dealkylation sites (tertiary alicyclic amines) is 2. The van der Waals surface area contributed by atoms with Gasteiger partial charge in [0.2, 0.25) is 0 Å². The molecule has 2 fully saturated rings. The van der Waals surface area contributed by atoms with E-state index in [0.717, 1.165) is 42.8 Å². The number of hydrogen-bond donors (Lipinski definition) is 0. The van der Waals surface area contributed by atoms with Crippen molar-refractivity contribution in [3.8, 4) is 17.0 Å². The number of piperidine rings is 1. The molecule has 33 heavy (non-hydrogen) atoms. The lowest BCUT2D eigenvalue weighted by Crippen LogP contribution is -2.49. The molecule has 172 valence electrons. The molecule has 8 heteroatoms. The minimum Gasteiger partial charge on any atom is -0.482 e. The Morgan fingerprint density at radius 3 is 2.58 bits per heavy atom. The summed E-state index contributed by atoms with van der Waals surface area (Å²) in [6.07, 6.45) is 7.76. The van der Waals surface area contributed by atoms with Crippen molar-refractivity contribution < 1.29 is 9.53 Å². The molecule has 8 nitrogen and oxygen atoms in total. The molecule has 0 aliphatic carbocycles. The molecule has 2 saturated heterocycles. The van der Waals surface area contributed by atoms with E-state index in [1.165, 1.54) is 31.6 Å². The monoisotopic (exact) mass is 446 g/mol. The molecule has 6 rings (SSSR count). The number of fused-ring (bicyclic) bond motifs is 4. The Hall–Kier alpha value is -3.13. The average Bonchev–Trinajstić information content (AvgIpc) is 3.59. The van der Waals surface area contributed by atoms with Crippen LogP contribution >= 0.6 is 0 Å². The Morgan fingerprint density at radius 1 is 1.03 bits per heavy atom. The molecule has 3 aromatic rings. The first kappa shape index (κ1) is 20.5. The third-order valence-corrected chi connectivity index (χ3v) is 7.50. The lowest BCUT2D eigenvalue weighted by Gasteiger charge is -2.44. The van der Waals surface area contributed by atoms with Crippen LogP contribution in [0.3, 0.4) is 0 Å². The van der Waals surface area contributed by atoms with Gasteiger partial charge in [0.1, 0.15) is 17.0 Å². The normalized spacial score (nSPS) is 19.4. The van der Waals surface area contributed by atoms with Crippen LogP contribution in [0, 0.1) is 0 Å². The van der Waals surface area contributed by atoms with Crippen molar-refractivity contribution in [2.45, 2.75) is 37.8 Å². The number of carbonyl (C=O) groups is 1. The summed E-state index contributed by atoms with van der Waals surface area (Å²) in [6.45, 7) is 5.57. The third-order valence-electron chi connectivity index (χ3n) is 7.50. The molecule has 3 aliphatic heterocycles. The zero-order chi connectivity index (χ0) is 22.4. The van der Waals surface area contributed by atoms with E-state index >= 15 is 0 Å². The topological polar surface area (TPSA) is 68.4 Å². The Balaban J connectivity index is 1.28. The Labute approximate surface area is 193 Å². The zero-order valence-electron chi connectivity index (χ0n) is 19.1. The predicted octanol–water partition coefficient (Wildman–Crippen LogP) is 2.90. The number of aromatic nitrogens is 4. The summed E-state index contributed by atoms with van der Waals surface area (Å²) in [5.41, 5.74) is 3.64. The fraction of sp³-hybridized carbons (Fsp3) is 0.480. The van der Waals surface area contributed by atoms with Crippen LogP contribution in [-0.2, 0) is 19.2 Å². The van der Waals surface area contributed by atoms with E-state index in [9.17, 15) is 4.79 Å². The first-order valence-electron chi connectivity index (χ1n) is 12.0. The maximum atomic E-state index is 13.0. The summed E-state index contributed by atoms with van der Waals surface area (Å²) < 4.78 is 10.5. The molecule has 0 bridgehead atoms. The molecule has 1 amide bonds. The highest BCUT2D eigenvalue weighted by atomic mass is 16.5. The highest BCUT2D eigenvalue weighted by Gasteiger charge is 2.46. The molecule has 0 saturated carbocycles. The predicted molar refractivity (Wildman–Crippen MR) is 124 cm³/mol. The van der Waals surface area contributed by atoms with Crippen LogP contribution in [-0.4, -0.2) is 68.0 Å². The van der Waals surface area contributed by atoms with Gasteiger partial charge < -0.3 is 14.5 Å². The number of hydrogen-bond acceptors (Lipinski definition) is 5. The van der Waals surface area contributed by atoms with Gasteiger partial charge in [-0.3, -0.25) is 14.2 Å². The second-order valence-electron chi connectivity index (χ2n) is 9.40. The van der Waals surface area contributed by atoms with E-state index in [2.05, 4.69) is 32.9 Å². The zero-order valence-corrected chi connectivity index (χ0v) is 19.1. The van der Waals surface area contributed by atoms with Gasteiger partial charge in [-0.1, -0.05) is 12.1 Å². The summed E-state index contributed by atoms with van der Waals surface area (Å²) >= 11 is 0. The number of amides is 1. The standard InChI is InChI=1S/C25H30N6O2/c1-28-21(8-11-26-28)24(32)30-14-9-25(10-15-30)20-18-27-31(17-16-29-12-4-5-13-29)23(20)19-6-2-3-7-22(19)33-25/h2-3,6-8,11,18H,4-5,9-10,12-17H2,1H3. The van der Waals surface area contributed by atoms with Gasteiger partial charge in [-0.05, 0) is 44.1 Å². The molecule has 0 atom stereocenters. The van der Waals surface area contributed by atoms with E-state index in [0.29, 0.717) is 18.8 Å². The molecular weight excluding hydrogens is 416 g/mol. The van der Waals surface area contributed by atoms with Crippen molar-refractivity contribution in [1.29, 1.82) is 0 Å². The summed E-state index contributed by atoms with van der Waals surface area (Å²) in [5, 5.41) is 8.98. The summed E-state index contributed by atoms with van der Waals surface area (Å²) in [4.78, 5) is 17.5. The lowest BCUT2D eigenvalue weighted by molar-refractivity contribution is -0.00206. The Kier molecular flexibility index (Phi) is 4.98. The second-order valence-corrected chi connectivity index (χ2v) is 9.40. The van der Waals surface area contributed by atoms with E-state index < -0.39 is 5.60 Å². The quantitative estimate of drug-likeness (QED) is 0.617. The van der Waals surface area contributed by atoms with Gasteiger partial charge in [0.25, 0.3) is 5.91 Å². The number of nitrogens with zero attached hydrogens (tertiary/aromatic N) is 6. The minimum atomic E-state index is -0.446. The van der Waals surface area contributed by atoms with Gasteiger partial charge in [-0.2, -0.15) is 10.2 Å². The number of rotatable bonds is 4. The van der Waals surface area contributed by atoms with Gasteiger partial charge >= 0.3 is 0 Å². The van der Waals surface area contributed by atoms with E-state index in [1.807, 2.05) is 24.2 Å². The van der Waals surface area contributed by atoms with Crippen LogP contribution in [0.5, 0.6) is 5.75 Å². The van der Waals surface area contributed by atoms with Crippen LogP contribution in [0.1, 0.15) is 41.7 Å². The van der Waals surface area contributed by atoms with Gasteiger partial charge in [0.15, 0.2) is 0 Å². The molecule has 3 aliphatic rings. The number of aryl methyl sites for hydroxylation is 1. The SMILES string of the molecule is Cn1nccc1C(=O)N1CCC2(CC1)Oc1ccccc1-c1c2cnn1CCN1CCCC1. The van der Waals surface area contributed by atoms with E-state index in [1.54, 1.807) is 16.9 Å². The van der Waals surface area contributed by atoms with Crippen LogP contribution in [0.4, 0.5) is 0 Å². The molecule has 0 unspecified atom stereocenters. The van der Waals surface area contributed by atoms with Crippen molar-refractivity contribution in [1.82, 2.24) is 29.4 Å². The van der Waals surface area contributed by atoms with Crippen LogP contribution in [0.15, 0.2) is 42.7 Å². The van der Waals surface area contributed by atoms with Crippen LogP contribution in [0.25, 0.3) is 11.3 Å². The molecule has 1 spiro atoms. The molecule has 5 heterocycles. The van der Waals surface area contributed by atoms with Crippen LogP contribution < -0.4 is 4.74 Å². The first-order chi connectivity index (χ1) is 16.1. The molecular formula is C25H30N6O2. The van der Waals surface area contributed by atoms with Gasteiger partial charge in [-0.15, -0.1) is 0 Å². The number of para-hydroxylation sites is 1. The van der Waals surface area contributed by atoms with Gasteiger partial charge in [0, 0.05) is 56.8 Å². The maximum Gasteiger partial charge on any atom is 0.272 e. The van der Waals surface area contributed by atoms with Crippen molar-refractivity contribution in [2.75, 3.05) is 32.7 Å². The van der Waals surface area contributed by atoms with Crippen molar-refractivity contribution in [3.05, 3.63) is 54.0 Å². The molecule has 0 N–H and O–H groups in total. The number of ether oxygens (including phenoxy) is 1. The van der Waals surface area contributed by atoms with E-state index in [-0.39, 0.29) is 5.91 Å². The summed E-state index contributed by atoms with van der Waals surface area (Å²) in [6, 6.07) is 10.1. The van der Waals surface area contributed by atoms with Crippen molar-refractivity contribution in [2.24, 2.45) is 7.05 Å². The van der Waals surface area contributed by atoms with Gasteiger partial charge in [0.05, 0.1) is 18.4 Å². The highest BCUT2D eigenvalue weighted by Crippen LogP contribution is 2.49. The molecule has 2 aromatic heterocycles. The molecule has 1 aromatic carbocycles. The smallest absolute Gasteiger partial charge is 0.272 e. The fourth-order valence-corrected chi connectivity index (χ4v) is 5.62. The maximum absolute atomic E-state index is 13.0. The fourth-order valence-electron chi connectivity index (χ4n) is 5.62. The lowest BCUT2D eigenvalue weighted by atomic mass is 9.81. The minimum absolute atomic E-state index is 0.0302. The number of carbonyl (C=O) groups excluding carboxylic acids is 1. The van der Waals surface area contributed by atoms with Gasteiger partial charge in [-0.25, -0.2) is 0 Å². The number of benzene rings is 1. The summed E-state index contributed by atoms with van der Waals surface area (Å²) in [7, 11) is 1.81. The Morgan fingerprint density at radius 2 is 1.82 bits per heavy atom. The second kappa shape index (κ2) is 8.02. The Bertz CT molecular complexity index is 1170.